The molecule has 6 nitrogen and oxygen atoms in total. The number of anilines is 1. The van der Waals surface area contributed by atoms with Gasteiger partial charge in [-0.3, -0.25) is 10.1 Å². The van der Waals surface area contributed by atoms with Crippen LogP contribution in [0, 0.1) is 6.92 Å². The van der Waals surface area contributed by atoms with Gasteiger partial charge in [0.25, 0.3) is 5.91 Å². The largest absolute Gasteiger partial charge is 0.519 e. The van der Waals surface area contributed by atoms with E-state index in [4.69, 9.17) is 9.47 Å². The van der Waals surface area contributed by atoms with Gasteiger partial charge >= 0.3 is 6.16 Å². The molecule has 0 aliphatic heterocycles. The summed E-state index contributed by atoms with van der Waals surface area (Å²) >= 11 is 5.51. The van der Waals surface area contributed by atoms with Crippen LogP contribution < -0.4 is 14.8 Å². The van der Waals surface area contributed by atoms with Crippen LogP contribution in [-0.2, 0) is 0 Å². The average molecular weight is 386 g/mol. The van der Waals surface area contributed by atoms with Gasteiger partial charge in [-0.05, 0) is 31.2 Å². The molecule has 3 aromatic rings. The average Bonchev–Trinajstić information content (AvgIpc) is 2.93. The number of thiazole rings is 1. The number of rotatable bonds is 4. The van der Waals surface area contributed by atoms with Crippen molar-refractivity contribution in [3.63, 3.8) is 0 Å². The van der Waals surface area contributed by atoms with E-state index in [1.54, 1.807) is 48.5 Å². The smallest absolute Gasteiger partial charge is 0.395 e. The Bertz CT molecular complexity index is 922. The molecule has 0 unspecified atom stereocenters. The lowest BCUT2D eigenvalue weighted by atomic mass is 10.2. The molecule has 0 radical (unpaired) electrons. The summed E-state index contributed by atoms with van der Waals surface area (Å²) in [6.45, 7) is 1.85. The highest BCUT2D eigenvalue weighted by Crippen LogP contribution is 2.26. The molecular formula is C18H14N2O4S2. The van der Waals surface area contributed by atoms with Gasteiger partial charge in [0.05, 0.1) is 5.56 Å². The van der Waals surface area contributed by atoms with Gasteiger partial charge in [0, 0.05) is 4.88 Å². The zero-order valence-electron chi connectivity index (χ0n) is 13.6. The summed E-state index contributed by atoms with van der Waals surface area (Å²) in [6, 6.07) is 14.9. The van der Waals surface area contributed by atoms with E-state index in [0.717, 1.165) is 4.88 Å². The van der Waals surface area contributed by atoms with Gasteiger partial charge in [-0.15, -0.1) is 24.0 Å². The van der Waals surface area contributed by atoms with Crippen molar-refractivity contribution in [2.24, 2.45) is 0 Å². The summed E-state index contributed by atoms with van der Waals surface area (Å²) in [5.74, 6) is -0.0143. The first-order valence-electron chi connectivity index (χ1n) is 7.54. The van der Waals surface area contributed by atoms with E-state index in [9.17, 15) is 9.59 Å². The summed E-state index contributed by atoms with van der Waals surface area (Å²) in [6.07, 6.45) is -0.931. The lowest BCUT2D eigenvalue weighted by Crippen LogP contribution is -2.18. The minimum absolute atomic E-state index is 0.0882. The lowest BCUT2D eigenvalue weighted by Gasteiger charge is -2.09. The van der Waals surface area contributed by atoms with Crippen LogP contribution in [0.3, 0.4) is 0 Å². The van der Waals surface area contributed by atoms with Crippen molar-refractivity contribution in [1.82, 2.24) is 4.98 Å². The fourth-order valence-electron chi connectivity index (χ4n) is 2.04. The maximum absolute atomic E-state index is 12.5. The number of carbonyl (C=O) groups excluding carboxylic acids is 2. The molecule has 0 bridgehead atoms. The molecule has 0 atom stereocenters. The Kier molecular flexibility index (Phi) is 5.55. The molecule has 0 aliphatic carbocycles. The molecule has 0 aliphatic rings. The van der Waals surface area contributed by atoms with E-state index in [2.05, 4.69) is 22.9 Å². The number of hydrogen-bond donors (Lipinski definition) is 2. The predicted octanol–water partition coefficient (Wildman–Crippen LogP) is 4.57. The normalized spacial score (nSPS) is 10.2. The third-order valence-corrected chi connectivity index (χ3v) is 4.73. The first-order chi connectivity index (χ1) is 12.5. The maximum Gasteiger partial charge on any atom is 0.519 e. The molecule has 0 saturated carbocycles. The third kappa shape index (κ3) is 4.41. The fraction of sp³-hybridized carbons (Fsp3) is 0.0556. The molecule has 3 rings (SSSR count). The van der Waals surface area contributed by atoms with E-state index in [-0.39, 0.29) is 11.3 Å². The molecule has 0 fully saturated rings. The molecule has 1 N–H and O–H groups in total. The fourth-order valence-corrected chi connectivity index (χ4v) is 3.06. The van der Waals surface area contributed by atoms with Crippen LogP contribution in [0.25, 0.3) is 0 Å². The number of benzene rings is 2. The Morgan fingerprint density at radius 3 is 2.42 bits per heavy atom. The molecular weight excluding hydrogens is 372 g/mol. The molecule has 1 amide bonds. The number of nitrogens with one attached hydrogen (secondary N) is 1. The standard InChI is InChI=1S/C18H14N2O4S2/c1-11-16(25)20-17(26-11)19-15(21)13-9-5-6-10-14(13)24-18(22)23-12-7-3-2-4-8-12/h2-10,25H,1H3,(H,19,20,21). The number of para-hydroxylation sites is 2. The van der Waals surface area contributed by atoms with E-state index >= 15 is 0 Å². The van der Waals surface area contributed by atoms with Crippen molar-refractivity contribution in [2.75, 3.05) is 5.32 Å². The van der Waals surface area contributed by atoms with Gasteiger partial charge in [-0.1, -0.05) is 30.3 Å². The van der Waals surface area contributed by atoms with Crippen molar-refractivity contribution < 1.29 is 19.1 Å². The second kappa shape index (κ2) is 8.03. The Labute approximate surface area is 159 Å². The third-order valence-electron chi connectivity index (χ3n) is 3.26. The predicted molar refractivity (Wildman–Crippen MR) is 102 cm³/mol. The van der Waals surface area contributed by atoms with Gasteiger partial charge in [0.1, 0.15) is 16.5 Å². The SMILES string of the molecule is Cc1sc(NC(=O)c2ccccc2OC(=O)Oc2ccccc2)nc1S. The van der Waals surface area contributed by atoms with E-state index in [0.29, 0.717) is 15.9 Å². The first kappa shape index (κ1) is 18.0. The van der Waals surface area contributed by atoms with Crippen molar-refractivity contribution in [3.8, 4) is 11.5 Å². The highest BCUT2D eigenvalue weighted by molar-refractivity contribution is 7.80. The Morgan fingerprint density at radius 2 is 1.73 bits per heavy atom. The molecule has 132 valence electrons. The van der Waals surface area contributed by atoms with Gasteiger partial charge in [-0.2, -0.15) is 0 Å². The molecule has 8 heteroatoms. The van der Waals surface area contributed by atoms with Crippen LogP contribution in [0.4, 0.5) is 9.93 Å². The minimum Gasteiger partial charge on any atom is -0.395 e. The van der Waals surface area contributed by atoms with Crippen molar-refractivity contribution in [2.45, 2.75) is 11.9 Å². The Balaban J connectivity index is 1.73. The Morgan fingerprint density at radius 1 is 1.04 bits per heavy atom. The van der Waals surface area contributed by atoms with Crippen LogP contribution >= 0.6 is 24.0 Å². The van der Waals surface area contributed by atoms with Crippen molar-refractivity contribution in [1.29, 1.82) is 0 Å². The van der Waals surface area contributed by atoms with Crippen LogP contribution in [-0.4, -0.2) is 17.0 Å². The van der Waals surface area contributed by atoms with Crippen LogP contribution in [0.5, 0.6) is 11.5 Å². The summed E-state index contributed by atoms with van der Waals surface area (Å²) in [5, 5.41) is 3.64. The van der Waals surface area contributed by atoms with E-state index in [1.807, 2.05) is 6.92 Å². The highest BCUT2D eigenvalue weighted by Gasteiger charge is 2.18. The van der Waals surface area contributed by atoms with Crippen LogP contribution in [0.1, 0.15) is 15.2 Å². The number of ether oxygens (including phenoxy) is 2. The summed E-state index contributed by atoms with van der Waals surface area (Å²) in [7, 11) is 0. The first-order valence-corrected chi connectivity index (χ1v) is 8.81. The summed E-state index contributed by atoms with van der Waals surface area (Å²) < 4.78 is 10.3. The molecule has 0 spiro atoms. The Hall–Kier alpha value is -2.84. The van der Waals surface area contributed by atoms with Gasteiger partial charge in [-0.25, -0.2) is 9.78 Å². The number of hydrogen-bond acceptors (Lipinski definition) is 7. The summed E-state index contributed by atoms with van der Waals surface area (Å²) in [5.41, 5.74) is 0.186. The molecule has 0 saturated heterocycles. The molecule has 1 aromatic heterocycles. The van der Waals surface area contributed by atoms with Gasteiger partial charge in [0.2, 0.25) is 0 Å². The quantitative estimate of drug-likeness (QED) is 0.390. The topological polar surface area (TPSA) is 77.5 Å². The highest BCUT2D eigenvalue weighted by atomic mass is 32.1. The van der Waals surface area contributed by atoms with Crippen molar-refractivity contribution >= 4 is 41.2 Å². The molecule has 2 aromatic carbocycles. The zero-order chi connectivity index (χ0) is 18.5. The van der Waals surface area contributed by atoms with Crippen LogP contribution in [0.2, 0.25) is 0 Å². The molecule has 1 heterocycles. The monoisotopic (exact) mass is 386 g/mol. The van der Waals surface area contributed by atoms with Gasteiger partial charge in [0.15, 0.2) is 5.13 Å². The summed E-state index contributed by atoms with van der Waals surface area (Å²) in [4.78, 5) is 29.5. The number of thiol groups is 1. The van der Waals surface area contributed by atoms with Gasteiger partial charge < -0.3 is 9.47 Å². The number of nitrogens with zero attached hydrogens (tertiary/aromatic N) is 1. The minimum atomic E-state index is -0.931. The molecule has 26 heavy (non-hydrogen) atoms. The lowest BCUT2D eigenvalue weighted by molar-refractivity contribution is 0.102. The second-order valence-electron chi connectivity index (χ2n) is 5.12. The van der Waals surface area contributed by atoms with E-state index < -0.39 is 12.1 Å². The second-order valence-corrected chi connectivity index (χ2v) is 6.74. The van der Waals surface area contributed by atoms with Crippen molar-refractivity contribution in [3.05, 3.63) is 65.0 Å². The number of carbonyl (C=O) groups is 2. The van der Waals surface area contributed by atoms with Crippen LogP contribution in [0.15, 0.2) is 59.6 Å². The maximum atomic E-state index is 12.5. The van der Waals surface area contributed by atoms with E-state index in [1.165, 1.54) is 17.4 Å². The number of aryl methyl sites for hydroxylation is 1. The number of amides is 1. The number of aromatic nitrogens is 1. The zero-order valence-corrected chi connectivity index (χ0v) is 15.3.